The molecule has 0 radical (unpaired) electrons. The van der Waals surface area contributed by atoms with Crippen LogP contribution in [0.4, 0.5) is 0 Å². The van der Waals surface area contributed by atoms with Crippen molar-refractivity contribution in [2.75, 3.05) is 26.2 Å². The van der Waals surface area contributed by atoms with Gasteiger partial charge in [-0.05, 0) is 37.8 Å². The zero-order valence-corrected chi connectivity index (χ0v) is 16.0. The van der Waals surface area contributed by atoms with Crippen LogP contribution in [-0.4, -0.2) is 52.8 Å². The van der Waals surface area contributed by atoms with Crippen LogP contribution >= 0.6 is 0 Å². The highest BCUT2D eigenvalue weighted by Gasteiger charge is 2.42. The van der Waals surface area contributed by atoms with Gasteiger partial charge in [0.2, 0.25) is 11.8 Å². The van der Waals surface area contributed by atoms with E-state index in [1.165, 1.54) is 0 Å². The summed E-state index contributed by atoms with van der Waals surface area (Å²) in [5.74, 6) is 0.545. The predicted molar refractivity (Wildman–Crippen MR) is 102 cm³/mol. The molecule has 2 amide bonds. The topological polar surface area (TPSA) is 53.5 Å². The molecular formula is C21H31N3O2. The van der Waals surface area contributed by atoms with Crippen molar-refractivity contribution in [2.24, 2.45) is 5.41 Å². The van der Waals surface area contributed by atoms with Crippen LogP contribution in [0.15, 0.2) is 24.4 Å². The van der Waals surface area contributed by atoms with Crippen molar-refractivity contribution in [3.8, 4) is 0 Å². The van der Waals surface area contributed by atoms with Crippen LogP contribution in [0, 0.1) is 5.41 Å². The Morgan fingerprint density at radius 1 is 1.27 bits per heavy atom. The molecule has 26 heavy (non-hydrogen) atoms. The van der Waals surface area contributed by atoms with Crippen LogP contribution in [0.2, 0.25) is 0 Å². The number of piperidine rings is 2. The van der Waals surface area contributed by atoms with Gasteiger partial charge in [0.1, 0.15) is 0 Å². The number of aromatic nitrogens is 1. The molecule has 1 atom stereocenters. The molecule has 5 nitrogen and oxygen atoms in total. The lowest BCUT2D eigenvalue weighted by molar-refractivity contribution is -0.143. The molecule has 2 fully saturated rings. The summed E-state index contributed by atoms with van der Waals surface area (Å²) < 4.78 is 0. The molecule has 0 aliphatic carbocycles. The van der Waals surface area contributed by atoms with Crippen molar-refractivity contribution in [3.63, 3.8) is 0 Å². The standard InChI is InChI=1S/C21H31N3O2/c1-2-3-8-19(25)23-14-6-11-21(16-23)12-9-20(26)24(17-21)15-10-18-7-4-5-13-22-18/h4-5,7,13H,2-3,6,8-12,14-17H2,1H3. The monoisotopic (exact) mass is 357 g/mol. The predicted octanol–water partition coefficient (Wildman–Crippen LogP) is 3.05. The Hall–Kier alpha value is -1.91. The zero-order valence-electron chi connectivity index (χ0n) is 16.0. The number of amides is 2. The lowest BCUT2D eigenvalue weighted by Gasteiger charge is -2.48. The highest BCUT2D eigenvalue weighted by Crippen LogP contribution is 2.39. The molecule has 3 heterocycles. The largest absolute Gasteiger partial charge is 0.342 e. The number of pyridine rings is 1. The van der Waals surface area contributed by atoms with Crippen LogP contribution in [-0.2, 0) is 16.0 Å². The van der Waals surface area contributed by atoms with E-state index < -0.39 is 0 Å². The second-order valence-corrected chi connectivity index (χ2v) is 7.91. The van der Waals surface area contributed by atoms with Gasteiger partial charge in [-0.3, -0.25) is 14.6 Å². The van der Waals surface area contributed by atoms with Crippen molar-refractivity contribution >= 4 is 11.8 Å². The maximum atomic E-state index is 12.5. The van der Waals surface area contributed by atoms with E-state index in [0.29, 0.717) is 18.7 Å². The van der Waals surface area contributed by atoms with Gasteiger partial charge in [-0.2, -0.15) is 0 Å². The fourth-order valence-corrected chi connectivity index (χ4v) is 4.34. The fraction of sp³-hybridized carbons (Fsp3) is 0.667. The van der Waals surface area contributed by atoms with Crippen LogP contribution in [0.25, 0.3) is 0 Å². The molecule has 2 saturated heterocycles. The molecule has 142 valence electrons. The number of carbonyl (C=O) groups excluding carboxylic acids is 2. The van der Waals surface area contributed by atoms with E-state index in [1.54, 1.807) is 6.20 Å². The SMILES string of the molecule is CCCCC(=O)N1CCCC2(CCC(=O)N(CCc3ccccn3)C2)C1. The highest BCUT2D eigenvalue weighted by atomic mass is 16.2. The molecule has 0 saturated carbocycles. The Morgan fingerprint density at radius 3 is 2.92 bits per heavy atom. The number of unbranched alkanes of at least 4 members (excludes halogenated alkanes) is 1. The molecule has 3 rings (SSSR count). The van der Waals surface area contributed by atoms with Gasteiger partial charge in [0.25, 0.3) is 0 Å². The summed E-state index contributed by atoms with van der Waals surface area (Å²) in [4.78, 5) is 33.3. The van der Waals surface area contributed by atoms with Crippen LogP contribution < -0.4 is 0 Å². The number of nitrogens with zero attached hydrogens (tertiary/aromatic N) is 3. The summed E-state index contributed by atoms with van der Waals surface area (Å²) in [6.45, 7) is 5.34. The molecule has 0 aromatic carbocycles. The second kappa shape index (κ2) is 8.65. The normalized spacial score (nSPS) is 23.5. The lowest BCUT2D eigenvalue weighted by Crippen LogP contribution is -2.55. The average molecular weight is 357 g/mol. The fourth-order valence-electron chi connectivity index (χ4n) is 4.34. The summed E-state index contributed by atoms with van der Waals surface area (Å²) in [6, 6.07) is 5.92. The van der Waals surface area contributed by atoms with E-state index in [1.807, 2.05) is 23.1 Å². The lowest BCUT2D eigenvalue weighted by atomic mass is 9.73. The maximum absolute atomic E-state index is 12.5. The highest BCUT2D eigenvalue weighted by molar-refractivity contribution is 5.78. The van der Waals surface area contributed by atoms with Crippen LogP contribution in [0.3, 0.4) is 0 Å². The number of hydrogen-bond acceptors (Lipinski definition) is 3. The van der Waals surface area contributed by atoms with Crippen molar-refractivity contribution in [1.82, 2.24) is 14.8 Å². The first-order valence-electron chi connectivity index (χ1n) is 10.1. The first-order valence-corrected chi connectivity index (χ1v) is 10.1. The summed E-state index contributed by atoms with van der Waals surface area (Å²) in [5, 5.41) is 0. The summed E-state index contributed by atoms with van der Waals surface area (Å²) in [7, 11) is 0. The van der Waals surface area contributed by atoms with Crippen molar-refractivity contribution in [2.45, 2.75) is 58.3 Å². The third kappa shape index (κ3) is 4.63. The van der Waals surface area contributed by atoms with E-state index >= 15 is 0 Å². The van der Waals surface area contributed by atoms with Gasteiger partial charge < -0.3 is 9.80 Å². The van der Waals surface area contributed by atoms with Crippen LogP contribution in [0.5, 0.6) is 0 Å². The Kier molecular flexibility index (Phi) is 6.28. The van der Waals surface area contributed by atoms with E-state index in [4.69, 9.17) is 0 Å². The van der Waals surface area contributed by atoms with Crippen LogP contribution in [0.1, 0.15) is 57.6 Å². The molecule has 5 heteroatoms. The van der Waals surface area contributed by atoms with E-state index in [0.717, 1.165) is 70.4 Å². The van der Waals surface area contributed by atoms with Gasteiger partial charge in [0.05, 0.1) is 0 Å². The van der Waals surface area contributed by atoms with E-state index in [-0.39, 0.29) is 11.3 Å². The molecule has 2 aliphatic heterocycles. The van der Waals surface area contributed by atoms with Crippen molar-refractivity contribution < 1.29 is 9.59 Å². The molecule has 2 aliphatic rings. The third-order valence-corrected chi connectivity index (χ3v) is 5.87. The quantitative estimate of drug-likeness (QED) is 0.786. The smallest absolute Gasteiger partial charge is 0.222 e. The minimum atomic E-state index is 0.0954. The Bertz CT molecular complexity index is 619. The molecule has 1 spiro atoms. The molecule has 1 unspecified atom stereocenters. The molecule has 1 aromatic rings. The molecular weight excluding hydrogens is 326 g/mol. The maximum Gasteiger partial charge on any atom is 0.222 e. The van der Waals surface area contributed by atoms with Gasteiger partial charge in [-0.1, -0.05) is 19.4 Å². The minimum Gasteiger partial charge on any atom is -0.342 e. The summed E-state index contributed by atoms with van der Waals surface area (Å²) in [5.41, 5.74) is 1.12. The zero-order chi connectivity index (χ0) is 18.4. The Morgan fingerprint density at radius 2 is 2.15 bits per heavy atom. The number of likely N-dealkylation sites (tertiary alicyclic amines) is 2. The summed E-state index contributed by atoms with van der Waals surface area (Å²) in [6.07, 6.45) is 8.99. The minimum absolute atomic E-state index is 0.0954. The van der Waals surface area contributed by atoms with Crippen molar-refractivity contribution in [1.29, 1.82) is 0 Å². The molecule has 0 N–H and O–H groups in total. The Labute approximate surface area is 156 Å². The van der Waals surface area contributed by atoms with E-state index in [2.05, 4.69) is 16.8 Å². The van der Waals surface area contributed by atoms with Gasteiger partial charge in [-0.25, -0.2) is 0 Å². The molecule has 0 bridgehead atoms. The number of hydrogen-bond donors (Lipinski definition) is 0. The van der Waals surface area contributed by atoms with Gasteiger partial charge in [0.15, 0.2) is 0 Å². The third-order valence-electron chi connectivity index (χ3n) is 5.87. The first-order chi connectivity index (χ1) is 12.6. The van der Waals surface area contributed by atoms with Gasteiger partial charge in [0, 0.05) is 62.7 Å². The number of rotatable bonds is 6. The van der Waals surface area contributed by atoms with E-state index in [9.17, 15) is 9.59 Å². The van der Waals surface area contributed by atoms with Crippen molar-refractivity contribution in [3.05, 3.63) is 30.1 Å². The summed E-state index contributed by atoms with van der Waals surface area (Å²) >= 11 is 0. The van der Waals surface area contributed by atoms with Gasteiger partial charge in [-0.15, -0.1) is 0 Å². The first kappa shape index (κ1) is 18.9. The molecule has 1 aromatic heterocycles. The van der Waals surface area contributed by atoms with Gasteiger partial charge >= 0.3 is 0 Å². The Balaban J connectivity index is 1.60. The average Bonchev–Trinajstić information content (AvgIpc) is 2.68. The number of carbonyl (C=O) groups is 2. The second-order valence-electron chi connectivity index (χ2n) is 7.91.